The molecule has 1 heteroatoms. The van der Waals surface area contributed by atoms with Crippen LogP contribution in [0.15, 0.2) is 0 Å². The van der Waals surface area contributed by atoms with Crippen molar-refractivity contribution < 1.29 is 0 Å². The van der Waals surface area contributed by atoms with Gasteiger partial charge in [-0.3, -0.25) is 0 Å². The highest BCUT2D eigenvalue weighted by atomic mass is 32.2. The number of rotatable bonds is 6. The smallest absolute Gasteiger partial charge is 0.00445 e. The first kappa shape index (κ1) is 11.4. The third-order valence-corrected chi connectivity index (χ3v) is 4.31. The van der Waals surface area contributed by atoms with E-state index >= 15 is 0 Å². The van der Waals surface area contributed by atoms with Gasteiger partial charge in [0.15, 0.2) is 0 Å². The molecule has 68 valence electrons. The second-order valence-electron chi connectivity index (χ2n) is 3.01. The quantitative estimate of drug-likeness (QED) is 0.584. The van der Waals surface area contributed by atoms with E-state index in [-0.39, 0.29) is 0 Å². The fraction of sp³-hybridized carbons (Fsp3) is 1.00. The first-order valence-electron chi connectivity index (χ1n) is 4.93. The Morgan fingerprint density at radius 2 is 1.00 bits per heavy atom. The van der Waals surface area contributed by atoms with Crippen molar-refractivity contribution >= 4 is 11.8 Å². The van der Waals surface area contributed by atoms with E-state index in [1.165, 1.54) is 25.7 Å². The topological polar surface area (TPSA) is 0 Å². The maximum atomic E-state index is 2.30. The monoisotopic (exact) mass is 174 g/mol. The molecule has 0 rings (SSSR count). The Labute approximate surface area is 76.1 Å². The molecule has 0 saturated heterocycles. The van der Waals surface area contributed by atoms with Crippen molar-refractivity contribution in [2.45, 2.75) is 63.9 Å². The van der Waals surface area contributed by atoms with Gasteiger partial charge >= 0.3 is 0 Å². The predicted octanol–water partition coefficient (Wildman–Crippen LogP) is 4.10. The Hall–Kier alpha value is 0.350. The molecular weight excluding hydrogens is 152 g/mol. The van der Waals surface area contributed by atoms with Crippen molar-refractivity contribution in [3.05, 3.63) is 0 Å². The molecule has 0 bridgehead atoms. The van der Waals surface area contributed by atoms with Gasteiger partial charge in [0.25, 0.3) is 0 Å². The Kier molecular flexibility index (Phi) is 7.25. The highest BCUT2D eigenvalue weighted by molar-refractivity contribution is 8.00. The number of hydrogen-bond donors (Lipinski definition) is 0. The van der Waals surface area contributed by atoms with E-state index in [0.29, 0.717) is 0 Å². The zero-order valence-electron chi connectivity index (χ0n) is 8.39. The minimum absolute atomic E-state index is 0.903. The molecule has 0 aromatic heterocycles. The molecule has 0 aliphatic rings. The van der Waals surface area contributed by atoms with Gasteiger partial charge in [-0.15, -0.1) is 0 Å². The Morgan fingerprint density at radius 3 is 1.18 bits per heavy atom. The zero-order chi connectivity index (χ0) is 8.69. The van der Waals surface area contributed by atoms with Crippen LogP contribution in [0.2, 0.25) is 0 Å². The van der Waals surface area contributed by atoms with Gasteiger partial charge in [-0.25, -0.2) is 0 Å². The summed E-state index contributed by atoms with van der Waals surface area (Å²) < 4.78 is 0. The van der Waals surface area contributed by atoms with Gasteiger partial charge in [-0.2, -0.15) is 11.8 Å². The van der Waals surface area contributed by atoms with Gasteiger partial charge in [0.1, 0.15) is 0 Å². The molecule has 0 atom stereocenters. The van der Waals surface area contributed by atoms with Gasteiger partial charge < -0.3 is 0 Å². The van der Waals surface area contributed by atoms with Crippen molar-refractivity contribution in [1.82, 2.24) is 0 Å². The molecule has 0 saturated carbocycles. The third-order valence-electron chi connectivity index (χ3n) is 2.21. The second kappa shape index (κ2) is 7.02. The van der Waals surface area contributed by atoms with E-state index in [9.17, 15) is 0 Å². The molecule has 0 aromatic rings. The fourth-order valence-electron chi connectivity index (χ4n) is 1.23. The fourth-order valence-corrected chi connectivity index (χ4v) is 2.55. The molecule has 0 aliphatic carbocycles. The molecule has 11 heavy (non-hydrogen) atoms. The van der Waals surface area contributed by atoms with Crippen LogP contribution in [-0.4, -0.2) is 10.5 Å². The average molecular weight is 174 g/mol. The van der Waals surface area contributed by atoms with Crippen LogP contribution in [0.25, 0.3) is 0 Å². The predicted molar refractivity (Wildman–Crippen MR) is 56.3 cm³/mol. The van der Waals surface area contributed by atoms with E-state index in [1.54, 1.807) is 0 Å². The highest BCUT2D eigenvalue weighted by Gasteiger charge is 2.10. The lowest BCUT2D eigenvalue weighted by atomic mass is 10.2. The maximum absolute atomic E-state index is 2.30. The number of thioether (sulfide) groups is 1. The van der Waals surface area contributed by atoms with Gasteiger partial charge in [-0.05, 0) is 25.7 Å². The molecule has 0 amide bonds. The van der Waals surface area contributed by atoms with Crippen LogP contribution in [0.3, 0.4) is 0 Å². The van der Waals surface area contributed by atoms with E-state index in [2.05, 4.69) is 39.5 Å². The summed E-state index contributed by atoms with van der Waals surface area (Å²) in [6.07, 6.45) is 5.32. The van der Waals surface area contributed by atoms with Crippen molar-refractivity contribution in [3.8, 4) is 0 Å². The Bertz CT molecular complexity index is 62.9. The lowest BCUT2D eigenvalue weighted by Gasteiger charge is -2.18. The van der Waals surface area contributed by atoms with Crippen LogP contribution in [0, 0.1) is 0 Å². The van der Waals surface area contributed by atoms with E-state index in [4.69, 9.17) is 0 Å². The summed E-state index contributed by atoms with van der Waals surface area (Å²) in [5.41, 5.74) is 0. The summed E-state index contributed by atoms with van der Waals surface area (Å²) in [5.74, 6) is 0. The average Bonchev–Trinajstić information content (AvgIpc) is 2.07. The van der Waals surface area contributed by atoms with E-state index in [1.807, 2.05) is 0 Å². The molecule has 0 unspecified atom stereocenters. The SMILES string of the molecule is CCC(CC)SC(CC)CC. The molecule has 0 aliphatic heterocycles. The summed E-state index contributed by atoms with van der Waals surface area (Å²) in [5, 5.41) is 1.81. The standard InChI is InChI=1S/C10H22S/c1-5-9(6-2)11-10(7-3)8-4/h9-10H,5-8H2,1-4H3. The molecule has 0 spiro atoms. The van der Waals surface area contributed by atoms with Gasteiger partial charge in [0.05, 0.1) is 0 Å². The zero-order valence-corrected chi connectivity index (χ0v) is 9.21. The third kappa shape index (κ3) is 4.73. The molecule has 0 aromatic carbocycles. The highest BCUT2D eigenvalue weighted by Crippen LogP contribution is 2.26. The van der Waals surface area contributed by atoms with Crippen LogP contribution in [0.4, 0.5) is 0 Å². The summed E-state index contributed by atoms with van der Waals surface area (Å²) in [6, 6.07) is 0. The molecular formula is C10H22S. The van der Waals surface area contributed by atoms with Crippen LogP contribution < -0.4 is 0 Å². The summed E-state index contributed by atoms with van der Waals surface area (Å²) in [7, 11) is 0. The molecule has 0 heterocycles. The van der Waals surface area contributed by atoms with Crippen LogP contribution in [0.5, 0.6) is 0 Å². The number of hydrogen-bond acceptors (Lipinski definition) is 1. The Balaban J connectivity index is 3.58. The summed E-state index contributed by atoms with van der Waals surface area (Å²) in [6.45, 7) is 9.18. The lowest BCUT2D eigenvalue weighted by molar-refractivity contribution is 0.750. The lowest BCUT2D eigenvalue weighted by Crippen LogP contribution is -2.07. The Morgan fingerprint density at radius 1 is 0.727 bits per heavy atom. The van der Waals surface area contributed by atoms with Crippen LogP contribution in [0.1, 0.15) is 53.4 Å². The first-order chi connectivity index (χ1) is 5.28. The van der Waals surface area contributed by atoms with Crippen molar-refractivity contribution in [2.75, 3.05) is 0 Å². The summed E-state index contributed by atoms with van der Waals surface area (Å²) >= 11 is 2.19. The normalized spacial score (nSPS) is 11.5. The minimum Gasteiger partial charge on any atom is -0.155 e. The van der Waals surface area contributed by atoms with E-state index < -0.39 is 0 Å². The van der Waals surface area contributed by atoms with Crippen LogP contribution >= 0.6 is 11.8 Å². The van der Waals surface area contributed by atoms with E-state index in [0.717, 1.165) is 10.5 Å². The van der Waals surface area contributed by atoms with Crippen molar-refractivity contribution in [2.24, 2.45) is 0 Å². The first-order valence-corrected chi connectivity index (χ1v) is 5.88. The van der Waals surface area contributed by atoms with Crippen LogP contribution in [-0.2, 0) is 0 Å². The van der Waals surface area contributed by atoms with Gasteiger partial charge in [0, 0.05) is 10.5 Å². The minimum atomic E-state index is 0.903. The molecule has 0 N–H and O–H groups in total. The van der Waals surface area contributed by atoms with Gasteiger partial charge in [-0.1, -0.05) is 27.7 Å². The maximum Gasteiger partial charge on any atom is 0.00445 e. The second-order valence-corrected chi connectivity index (χ2v) is 4.62. The summed E-state index contributed by atoms with van der Waals surface area (Å²) in [4.78, 5) is 0. The van der Waals surface area contributed by atoms with Crippen molar-refractivity contribution in [1.29, 1.82) is 0 Å². The molecule has 0 radical (unpaired) electrons. The van der Waals surface area contributed by atoms with Crippen molar-refractivity contribution in [3.63, 3.8) is 0 Å². The molecule has 0 fully saturated rings. The molecule has 0 nitrogen and oxygen atoms in total. The van der Waals surface area contributed by atoms with Gasteiger partial charge in [0.2, 0.25) is 0 Å². The largest absolute Gasteiger partial charge is 0.155 e.